The topological polar surface area (TPSA) is 56.5 Å². The highest BCUT2D eigenvalue weighted by Crippen LogP contribution is 2.20. The molecule has 0 spiro atoms. The zero-order chi connectivity index (χ0) is 12.6. The largest absolute Gasteiger partial charge is 0.461 e. The molecule has 0 aromatic carbocycles. The Bertz CT molecular complexity index is 592. The standard InChI is InChI=1S/C11H12ClN3O2/c1-4-17-11(16)8-10-14-9(12)6(2)7(3)15(10)5-13-8/h5H,4H2,1-3H3. The third-order valence-electron chi connectivity index (χ3n) is 2.63. The first-order valence-corrected chi connectivity index (χ1v) is 5.61. The predicted molar refractivity (Wildman–Crippen MR) is 63.4 cm³/mol. The van der Waals surface area contributed by atoms with Gasteiger partial charge in [-0.15, -0.1) is 0 Å². The molecule has 17 heavy (non-hydrogen) atoms. The van der Waals surface area contributed by atoms with Crippen molar-refractivity contribution in [3.63, 3.8) is 0 Å². The molecule has 5 nitrogen and oxygen atoms in total. The van der Waals surface area contributed by atoms with Gasteiger partial charge in [0.1, 0.15) is 11.5 Å². The number of nitrogens with zero attached hydrogens (tertiary/aromatic N) is 3. The maximum Gasteiger partial charge on any atom is 0.360 e. The fourth-order valence-corrected chi connectivity index (χ4v) is 1.76. The third kappa shape index (κ3) is 1.86. The van der Waals surface area contributed by atoms with Crippen molar-refractivity contribution in [3.05, 3.63) is 28.4 Å². The molecule has 2 aromatic heterocycles. The van der Waals surface area contributed by atoms with Gasteiger partial charge in [0, 0.05) is 11.3 Å². The molecular formula is C11H12ClN3O2. The van der Waals surface area contributed by atoms with Gasteiger partial charge in [-0.1, -0.05) is 11.6 Å². The van der Waals surface area contributed by atoms with Crippen LogP contribution in [0.2, 0.25) is 5.15 Å². The summed E-state index contributed by atoms with van der Waals surface area (Å²) in [7, 11) is 0. The lowest BCUT2D eigenvalue weighted by molar-refractivity contribution is 0.0522. The van der Waals surface area contributed by atoms with Crippen molar-refractivity contribution < 1.29 is 9.53 Å². The van der Waals surface area contributed by atoms with E-state index in [2.05, 4.69) is 9.97 Å². The van der Waals surface area contributed by atoms with Crippen LogP contribution in [0.4, 0.5) is 0 Å². The van der Waals surface area contributed by atoms with E-state index in [9.17, 15) is 4.79 Å². The monoisotopic (exact) mass is 253 g/mol. The summed E-state index contributed by atoms with van der Waals surface area (Å²) in [5.74, 6) is -0.484. The molecule has 0 unspecified atom stereocenters. The van der Waals surface area contributed by atoms with Crippen LogP contribution in [0, 0.1) is 13.8 Å². The van der Waals surface area contributed by atoms with Gasteiger partial charge in [-0.3, -0.25) is 4.40 Å². The second-order valence-corrected chi connectivity index (χ2v) is 3.98. The normalized spacial score (nSPS) is 10.8. The Labute approximate surface area is 103 Å². The molecule has 0 atom stereocenters. The average molecular weight is 254 g/mol. The maximum atomic E-state index is 11.6. The Morgan fingerprint density at radius 1 is 1.53 bits per heavy atom. The Kier molecular flexibility index (Phi) is 3.02. The fourth-order valence-electron chi connectivity index (χ4n) is 1.54. The van der Waals surface area contributed by atoms with Crippen molar-refractivity contribution in [1.82, 2.24) is 14.4 Å². The number of hydrogen-bond donors (Lipinski definition) is 0. The molecule has 0 N–H and O–H groups in total. The summed E-state index contributed by atoms with van der Waals surface area (Å²) in [6.07, 6.45) is 1.55. The zero-order valence-electron chi connectivity index (χ0n) is 9.82. The molecule has 0 amide bonds. The smallest absolute Gasteiger partial charge is 0.360 e. The van der Waals surface area contributed by atoms with Crippen molar-refractivity contribution in [2.45, 2.75) is 20.8 Å². The van der Waals surface area contributed by atoms with Gasteiger partial charge in [-0.05, 0) is 20.8 Å². The minimum Gasteiger partial charge on any atom is -0.461 e. The number of halogens is 1. The Hall–Kier alpha value is -1.62. The minimum absolute atomic E-state index is 0.192. The highest BCUT2D eigenvalue weighted by atomic mass is 35.5. The van der Waals surface area contributed by atoms with Crippen LogP contribution in [-0.2, 0) is 4.74 Å². The highest BCUT2D eigenvalue weighted by Gasteiger charge is 2.18. The van der Waals surface area contributed by atoms with E-state index in [0.29, 0.717) is 17.4 Å². The number of carbonyl (C=O) groups is 1. The number of hydrogen-bond acceptors (Lipinski definition) is 4. The summed E-state index contributed by atoms with van der Waals surface area (Å²) in [4.78, 5) is 19.8. The lowest BCUT2D eigenvalue weighted by Crippen LogP contribution is -2.07. The van der Waals surface area contributed by atoms with Crippen LogP contribution in [0.1, 0.15) is 28.7 Å². The Morgan fingerprint density at radius 2 is 2.24 bits per heavy atom. The molecule has 0 saturated carbocycles. The van der Waals surface area contributed by atoms with Crippen LogP contribution in [0.5, 0.6) is 0 Å². The van der Waals surface area contributed by atoms with Crippen molar-refractivity contribution in [3.8, 4) is 0 Å². The number of esters is 1. The van der Waals surface area contributed by atoms with E-state index >= 15 is 0 Å². The van der Waals surface area contributed by atoms with Crippen molar-refractivity contribution in [1.29, 1.82) is 0 Å². The van der Waals surface area contributed by atoms with Crippen LogP contribution in [0.15, 0.2) is 6.33 Å². The predicted octanol–water partition coefficient (Wildman–Crippen LogP) is 2.18. The molecular weight excluding hydrogens is 242 g/mol. The van der Waals surface area contributed by atoms with Crippen molar-refractivity contribution in [2.24, 2.45) is 0 Å². The fraction of sp³-hybridized carbons (Fsp3) is 0.364. The molecule has 0 fully saturated rings. The average Bonchev–Trinajstić information content (AvgIpc) is 2.70. The van der Waals surface area contributed by atoms with E-state index in [1.54, 1.807) is 17.7 Å². The van der Waals surface area contributed by atoms with Gasteiger partial charge < -0.3 is 4.74 Å². The van der Waals surface area contributed by atoms with Crippen LogP contribution in [-0.4, -0.2) is 26.9 Å². The molecule has 2 heterocycles. The summed E-state index contributed by atoms with van der Waals surface area (Å²) in [5.41, 5.74) is 2.39. The van der Waals surface area contributed by atoms with Gasteiger partial charge in [0.2, 0.25) is 0 Å². The number of aryl methyl sites for hydroxylation is 1. The molecule has 0 bridgehead atoms. The van der Waals surface area contributed by atoms with Gasteiger partial charge in [0.05, 0.1) is 6.61 Å². The first-order valence-electron chi connectivity index (χ1n) is 5.23. The van der Waals surface area contributed by atoms with E-state index < -0.39 is 5.97 Å². The molecule has 0 aliphatic carbocycles. The van der Waals surface area contributed by atoms with E-state index in [-0.39, 0.29) is 5.69 Å². The molecule has 6 heteroatoms. The second-order valence-electron chi connectivity index (χ2n) is 3.62. The number of ether oxygens (including phenoxy) is 1. The zero-order valence-corrected chi connectivity index (χ0v) is 10.6. The lowest BCUT2D eigenvalue weighted by atomic mass is 10.2. The highest BCUT2D eigenvalue weighted by molar-refractivity contribution is 6.30. The molecule has 0 aliphatic rings. The van der Waals surface area contributed by atoms with Gasteiger partial charge in [-0.25, -0.2) is 14.8 Å². The van der Waals surface area contributed by atoms with E-state index in [0.717, 1.165) is 11.3 Å². The lowest BCUT2D eigenvalue weighted by Gasteiger charge is -2.06. The second kappa shape index (κ2) is 4.33. The summed E-state index contributed by atoms with van der Waals surface area (Å²) < 4.78 is 6.64. The van der Waals surface area contributed by atoms with Crippen LogP contribution in [0.25, 0.3) is 5.65 Å². The van der Waals surface area contributed by atoms with Crippen LogP contribution < -0.4 is 0 Å². The molecule has 0 radical (unpaired) electrons. The number of imidazole rings is 1. The summed E-state index contributed by atoms with van der Waals surface area (Å²) in [5, 5.41) is 0.376. The number of carbonyl (C=O) groups excluding carboxylic acids is 1. The Morgan fingerprint density at radius 3 is 2.88 bits per heavy atom. The third-order valence-corrected chi connectivity index (χ3v) is 3.00. The SMILES string of the molecule is CCOC(=O)c1ncn2c(C)c(C)c(Cl)nc12. The molecule has 0 aliphatic heterocycles. The molecule has 2 aromatic rings. The quantitative estimate of drug-likeness (QED) is 0.608. The van der Waals surface area contributed by atoms with Crippen molar-refractivity contribution >= 4 is 23.2 Å². The van der Waals surface area contributed by atoms with E-state index in [4.69, 9.17) is 16.3 Å². The van der Waals surface area contributed by atoms with Crippen molar-refractivity contribution in [2.75, 3.05) is 6.61 Å². The van der Waals surface area contributed by atoms with Gasteiger partial charge >= 0.3 is 5.97 Å². The maximum absolute atomic E-state index is 11.6. The van der Waals surface area contributed by atoms with Crippen LogP contribution >= 0.6 is 11.6 Å². The summed E-state index contributed by atoms with van der Waals surface area (Å²) in [6.45, 7) is 5.81. The minimum atomic E-state index is -0.484. The summed E-state index contributed by atoms with van der Waals surface area (Å²) in [6, 6.07) is 0. The van der Waals surface area contributed by atoms with Gasteiger partial charge in [0.25, 0.3) is 0 Å². The molecule has 2 rings (SSSR count). The summed E-state index contributed by atoms with van der Waals surface area (Å²) >= 11 is 6.00. The van der Waals surface area contributed by atoms with Gasteiger partial charge in [-0.2, -0.15) is 0 Å². The number of rotatable bonds is 2. The van der Waals surface area contributed by atoms with Crippen LogP contribution in [0.3, 0.4) is 0 Å². The molecule has 90 valence electrons. The molecule has 0 saturated heterocycles. The first-order chi connectivity index (χ1) is 8.06. The van der Waals surface area contributed by atoms with E-state index in [1.165, 1.54) is 0 Å². The Balaban J connectivity index is 2.65. The number of aromatic nitrogens is 3. The van der Waals surface area contributed by atoms with Gasteiger partial charge in [0.15, 0.2) is 11.3 Å². The van der Waals surface area contributed by atoms with E-state index in [1.807, 2.05) is 13.8 Å². The number of fused-ring (bicyclic) bond motifs is 1. The first kappa shape index (κ1) is 11.9.